The first kappa shape index (κ1) is 29.6. The SMILES string of the molecule is CC(C)(C)OC(=O)N(C(=O)OC(C)(C)C)c1cc(CC(=O)c2cc([N+](=O)[O-])cc(F)c2Cl)c(F)cc1F. The van der Waals surface area contributed by atoms with Crippen molar-refractivity contribution in [3.05, 3.63) is 68.0 Å². The van der Waals surface area contributed by atoms with E-state index in [1.54, 1.807) is 0 Å². The van der Waals surface area contributed by atoms with Crippen molar-refractivity contribution in [2.45, 2.75) is 59.2 Å². The predicted molar refractivity (Wildman–Crippen MR) is 127 cm³/mol. The molecule has 2 aromatic rings. The number of carbonyl (C=O) groups is 3. The van der Waals surface area contributed by atoms with Crippen molar-refractivity contribution >= 4 is 40.9 Å². The van der Waals surface area contributed by atoms with Gasteiger partial charge in [0.15, 0.2) is 11.6 Å². The van der Waals surface area contributed by atoms with Crippen molar-refractivity contribution < 1.29 is 42.0 Å². The molecule has 13 heteroatoms. The maximum Gasteiger partial charge on any atom is 0.424 e. The topological polar surface area (TPSA) is 116 Å². The molecule has 0 atom stereocenters. The van der Waals surface area contributed by atoms with Crippen LogP contribution in [0.5, 0.6) is 0 Å². The number of rotatable bonds is 5. The van der Waals surface area contributed by atoms with Gasteiger partial charge in [-0.05, 0) is 53.2 Å². The Balaban J connectivity index is 2.58. The van der Waals surface area contributed by atoms with Gasteiger partial charge in [-0.3, -0.25) is 14.9 Å². The molecule has 9 nitrogen and oxygen atoms in total. The highest BCUT2D eigenvalue weighted by Gasteiger charge is 2.35. The van der Waals surface area contributed by atoms with Crippen molar-refractivity contribution in [3.63, 3.8) is 0 Å². The normalized spacial score (nSPS) is 11.6. The number of amides is 2. The fourth-order valence-corrected chi connectivity index (χ4v) is 3.14. The van der Waals surface area contributed by atoms with Gasteiger partial charge in [-0.25, -0.2) is 22.8 Å². The molecule has 0 aliphatic carbocycles. The lowest BCUT2D eigenvalue weighted by Gasteiger charge is -2.29. The summed E-state index contributed by atoms with van der Waals surface area (Å²) in [6.45, 7) is 8.95. The summed E-state index contributed by atoms with van der Waals surface area (Å²) >= 11 is 5.78. The number of hydrogen-bond acceptors (Lipinski definition) is 7. The van der Waals surface area contributed by atoms with Gasteiger partial charge in [0.25, 0.3) is 5.69 Å². The van der Waals surface area contributed by atoms with Crippen molar-refractivity contribution in [1.82, 2.24) is 0 Å². The number of nitro benzene ring substituents is 1. The Morgan fingerprint density at radius 2 is 1.41 bits per heavy atom. The minimum absolute atomic E-state index is 0.208. The summed E-state index contributed by atoms with van der Waals surface area (Å²) in [6.07, 6.45) is -3.56. The van der Waals surface area contributed by atoms with Gasteiger partial charge in [-0.2, -0.15) is 4.90 Å². The van der Waals surface area contributed by atoms with Crippen LogP contribution in [-0.4, -0.2) is 34.1 Å². The van der Waals surface area contributed by atoms with E-state index in [-0.39, 0.29) is 4.90 Å². The van der Waals surface area contributed by atoms with Gasteiger partial charge >= 0.3 is 12.2 Å². The van der Waals surface area contributed by atoms with Crippen LogP contribution in [0, 0.1) is 27.6 Å². The number of ether oxygens (including phenoxy) is 2. The molecule has 37 heavy (non-hydrogen) atoms. The van der Waals surface area contributed by atoms with E-state index in [4.69, 9.17) is 21.1 Å². The number of anilines is 1. The van der Waals surface area contributed by atoms with Gasteiger partial charge in [-0.1, -0.05) is 11.6 Å². The Kier molecular flexibility index (Phi) is 8.59. The van der Waals surface area contributed by atoms with Crippen molar-refractivity contribution in [1.29, 1.82) is 0 Å². The second-order valence-corrected chi connectivity index (χ2v) is 10.2. The van der Waals surface area contributed by atoms with E-state index in [0.29, 0.717) is 24.3 Å². The van der Waals surface area contributed by atoms with Crippen LogP contribution in [0.25, 0.3) is 0 Å². The Morgan fingerprint density at radius 3 is 1.86 bits per heavy atom. The molecule has 0 heterocycles. The van der Waals surface area contributed by atoms with E-state index in [2.05, 4.69) is 0 Å². The molecule has 2 amide bonds. The summed E-state index contributed by atoms with van der Waals surface area (Å²) in [5.74, 6) is -4.90. The van der Waals surface area contributed by atoms with Gasteiger partial charge in [0.2, 0.25) is 0 Å². The number of benzene rings is 2. The summed E-state index contributed by atoms with van der Waals surface area (Å²) < 4.78 is 53.9. The Morgan fingerprint density at radius 1 is 0.892 bits per heavy atom. The first-order valence-corrected chi connectivity index (χ1v) is 11.1. The molecule has 0 bridgehead atoms. The molecule has 0 aliphatic heterocycles. The van der Waals surface area contributed by atoms with Gasteiger partial charge in [0, 0.05) is 24.1 Å². The largest absolute Gasteiger partial charge is 0.443 e. The lowest BCUT2D eigenvalue weighted by molar-refractivity contribution is -0.385. The van der Waals surface area contributed by atoms with Crippen LogP contribution in [0.3, 0.4) is 0 Å². The summed E-state index contributed by atoms with van der Waals surface area (Å²) in [5, 5.41) is 10.3. The first-order valence-electron chi connectivity index (χ1n) is 10.7. The van der Waals surface area contributed by atoms with Crippen molar-refractivity contribution in [3.8, 4) is 0 Å². The Bertz CT molecular complexity index is 1240. The lowest BCUT2D eigenvalue weighted by atomic mass is 10.0. The number of nitrogens with zero attached hydrogens (tertiary/aromatic N) is 2. The molecule has 0 saturated heterocycles. The monoisotopic (exact) mass is 544 g/mol. The van der Waals surface area contributed by atoms with Crippen LogP contribution in [0.4, 0.5) is 34.1 Å². The van der Waals surface area contributed by atoms with E-state index in [1.807, 2.05) is 0 Å². The summed E-state index contributed by atoms with van der Waals surface area (Å²) in [5.41, 5.74) is -4.93. The Labute approximate surface area is 215 Å². The molecule has 0 spiro atoms. The highest BCUT2D eigenvalue weighted by Crippen LogP contribution is 2.30. The summed E-state index contributed by atoms with van der Waals surface area (Å²) in [4.78, 5) is 48.7. The van der Waals surface area contributed by atoms with Crippen LogP contribution in [0.15, 0.2) is 24.3 Å². The average Bonchev–Trinajstić information content (AvgIpc) is 2.70. The standard InChI is InChI=1S/C24H24ClF3N2O7/c1-23(2,3)36-21(32)29(22(33)37-24(4,5)6)18-7-12(15(26)11-16(18)27)8-19(31)14-9-13(30(34)35)10-17(28)20(14)25/h7,9-11H,8H2,1-6H3. The molecule has 0 saturated carbocycles. The van der Waals surface area contributed by atoms with E-state index in [9.17, 15) is 37.7 Å². The van der Waals surface area contributed by atoms with E-state index < -0.39 is 85.5 Å². The maximum absolute atomic E-state index is 14.9. The van der Waals surface area contributed by atoms with E-state index in [0.717, 1.165) is 0 Å². The van der Waals surface area contributed by atoms with Gasteiger partial charge < -0.3 is 9.47 Å². The third-order valence-corrected chi connectivity index (χ3v) is 4.77. The molecule has 0 fully saturated rings. The highest BCUT2D eigenvalue weighted by molar-refractivity contribution is 6.34. The minimum Gasteiger partial charge on any atom is -0.443 e. The summed E-state index contributed by atoms with van der Waals surface area (Å²) in [6, 6.07) is 2.26. The molecule has 0 radical (unpaired) electrons. The van der Waals surface area contributed by atoms with Gasteiger partial charge in [-0.15, -0.1) is 0 Å². The second-order valence-electron chi connectivity index (χ2n) is 9.84. The van der Waals surface area contributed by atoms with Crippen LogP contribution in [0.2, 0.25) is 5.02 Å². The van der Waals surface area contributed by atoms with E-state index in [1.165, 1.54) is 41.5 Å². The molecule has 0 unspecified atom stereocenters. The molecule has 0 N–H and O–H groups in total. The first-order chi connectivity index (χ1) is 16.8. The fourth-order valence-electron chi connectivity index (χ4n) is 2.93. The number of non-ortho nitro benzene ring substituents is 1. The molecule has 2 rings (SSSR count). The average molecular weight is 545 g/mol. The molecule has 0 aliphatic rings. The molecular formula is C24H24ClF3N2O7. The number of halogens is 4. The third-order valence-electron chi connectivity index (χ3n) is 4.38. The Hall–Kier alpha value is -3.67. The predicted octanol–water partition coefficient (Wildman–Crippen LogP) is 6.77. The summed E-state index contributed by atoms with van der Waals surface area (Å²) in [7, 11) is 0. The number of hydrogen-bond donors (Lipinski definition) is 0. The van der Waals surface area contributed by atoms with E-state index >= 15 is 0 Å². The number of carbonyl (C=O) groups excluding carboxylic acids is 3. The minimum atomic E-state index is -1.36. The van der Waals surface area contributed by atoms with Crippen LogP contribution in [0.1, 0.15) is 57.5 Å². The van der Waals surface area contributed by atoms with Gasteiger partial charge in [0.05, 0.1) is 21.7 Å². The smallest absolute Gasteiger partial charge is 0.424 e. The highest BCUT2D eigenvalue weighted by atomic mass is 35.5. The van der Waals surface area contributed by atoms with Crippen LogP contribution < -0.4 is 4.90 Å². The second kappa shape index (κ2) is 10.8. The number of imide groups is 1. The third kappa shape index (κ3) is 7.66. The lowest BCUT2D eigenvalue weighted by Crippen LogP contribution is -2.44. The molecule has 0 aromatic heterocycles. The molecule has 200 valence electrons. The van der Waals surface area contributed by atoms with Crippen LogP contribution in [-0.2, 0) is 15.9 Å². The number of Topliss-reactive ketones (excluding diaryl/α,β-unsaturated/α-hetero) is 1. The zero-order chi connectivity index (χ0) is 28.5. The zero-order valence-electron chi connectivity index (χ0n) is 20.8. The zero-order valence-corrected chi connectivity index (χ0v) is 21.5. The van der Waals surface area contributed by atoms with Crippen molar-refractivity contribution in [2.75, 3.05) is 4.90 Å². The van der Waals surface area contributed by atoms with Crippen LogP contribution >= 0.6 is 11.6 Å². The quantitative estimate of drug-likeness (QED) is 0.232. The van der Waals surface area contributed by atoms with Gasteiger partial charge in [0.1, 0.15) is 22.8 Å². The van der Waals surface area contributed by atoms with Crippen molar-refractivity contribution in [2.24, 2.45) is 0 Å². The number of ketones is 1. The maximum atomic E-state index is 14.9. The molecule has 2 aromatic carbocycles. The fraction of sp³-hybridized carbons (Fsp3) is 0.375. The molecular weight excluding hydrogens is 521 g/mol. The number of nitro groups is 1.